The minimum Gasteiger partial charge on any atom is -0.406 e. The van der Waals surface area contributed by atoms with Gasteiger partial charge in [-0.15, -0.1) is 13.2 Å². The van der Waals surface area contributed by atoms with Crippen molar-refractivity contribution < 1.29 is 22.7 Å². The number of anilines is 2. The molecule has 0 radical (unpaired) electrons. The fraction of sp³-hybridized carbons (Fsp3) is 0.318. The number of alkyl halides is 3. The molecule has 0 atom stereocenters. The number of unbranched alkanes of at least 4 members (excludes halogenated alkanes) is 1. The molecule has 0 unspecified atom stereocenters. The van der Waals surface area contributed by atoms with E-state index in [1.165, 1.54) is 18.2 Å². The fourth-order valence-electron chi connectivity index (χ4n) is 3.46. The molecule has 9 heteroatoms. The van der Waals surface area contributed by atoms with E-state index in [4.69, 9.17) is 5.73 Å². The first-order valence-corrected chi connectivity index (χ1v) is 10.1. The summed E-state index contributed by atoms with van der Waals surface area (Å²) >= 11 is 0. The topological polar surface area (TPSA) is 81.3 Å². The van der Waals surface area contributed by atoms with Crippen LogP contribution in [0.2, 0.25) is 0 Å². The number of hydrogen-bond donors (Lipinski definition) is 3. The summed E-state index contributed by atoms with van der Waals surface area (Å²) in [5.74, 6) is -0.299. The van der Waals surface area contributed by atoms with Crippen molar-refractivity contribution in [3.05, 3.63) is 42.5 Å². The molecule has 0 fully saturated rings. The van der Waals surface area contributed by atoms with Gasteiger partial charge < -0.3 is 25.7 Å². The van der Waals surface area contributed by atoms with Gasteiger partial charge in [0.15, 0.2) is 0 Å². The van der Waals surface area contributed by atoms with Crippen LogP contribution < -0.4 is 21.1 Å². The van der Waals surface area contributed by atoms with Crippen LogP contribution in [0.1, 0.15) is 26.7 Å². The monoisotopic (exact) mass is 434 g/mol. The van der Waals surface area contributed by atoms with Crippen molar-refractivity contribution in [2.45, 2.75) is 39.6 Å². The van der Waals surface area contributed by atoms with Crippen LogP contribution in [0.25, 0.3) is 22.2 Å². The highest BCUT2D eigenvalue weighted by atomic mass is 19.4. The molecule has 31 heavy (non-hydrogen) atoms. The molecule has 1 aromatic heterocycles. The third-order valence-corrected chi connectivity index (χ3v) is 4.86. The molecule has 2 aromatic carbocycles. The highest BCUT2D eigenvalue weighted by Gasteiger charge is 2.31. The van der Waals surface area contributed by atoms with Crippen LogP contribution in [0.4, 0.5) is 29.3 Å². The van der Waals surface area contributed by atoms with E-state index in [1.54, 1.807) is 12.1 Å². The van der Waals surface area contributed by atoms with Crippen molar-refractivity contribution in [1.82, 2.24) is 9.88 Å². The molecule has 0 saturated carbocycles. The van der Waals surface area contributed by atoms with Gasteiger partial charge in [-0.2, -0.15) is 0 Å². The SMILES string of the molecule is CCCCNC(=O)Nc1ccc(-c2c(N)c3ccc(OC(F)(F)F)cc3n2CC)cc1. The average molecular weight is 434 g/mol. The summed E-state index contributed by atoms with van der Waals surface area (Å²) < 4.78 is 43.7. The number of nitrogens with two attached hydrogens (primary N) is 1. The van der Waals surface area contributed by atoms with Gasteiger partial charge in [-0.3, -0.25) is 0 Å². The van der Waals surface area contributed by atoms with Crippen LogP contribution in [0.3, 0.4) is 0 Å². The zero-order chi connectivity index (χ0) is 22.6. The van der Waals surface area contributed by atoms with Crippen LogP contribution in [0.5, 0.6) is 5.75 Å². The van der Waals surface area contributed by atoms with E-state index in [1.807, 2.05) is 30.5 Å². The van der Waals surface area contributed by atoms with Crippen molar-refractivity contribution in [2.75, 3.05) is 17.6 Å². The minimum absolute atomic E-state index is 0.277. The summed E-state index contributed by atoms with van der Waals surface area (Å²) in [6.07, 6.45) is -2.87. The van der Waals surface area contributed by atoms with Crippen molar-refractivity contribution >= 4 is 28.3 Å². The van der Waals surface area contributed by atoms with E-state index in [0.717, 1.165) is 18.4 Å². The van der Waals surface area contributed by atoms with E-state index in [-0.39, 0.29) is 11.8 Å². The number of benzene rings is 2. The number of hydrogen-bond acceptors (Lipinski definition) is 3. The summed E-state index contributed by atoms with van der Waals surface area (Å²) in [6.45, 7) is 5.03. The molecule has 0 spiro atoms. The van der Waals surface area contributed by atoms with Crippen LogP contribution >= 0.6 is 0 Å². The maximum absolute atomic E-state index is 12.6. The molecule has 4 N–H and O–H groups in total. The first-order valence-electron chi connectivity index (χ1n) is 10.1. The normalized spacial score (nSPS) is 11.5. The Labute approximate surface area is 178 Å². The zero-order valence-electron chi connectivity index (χ0n) is 17.3. The second kappa shape index (κ2) is 9.20. The first-order chi connectivity index (χ1) is 14.7. The average Bonchev–Trinajstić information content (AvgIpc) is 2.98. The lowest BCUT2D eigenvalue weighted by atomic mass is 10.1. The van der Waals surface area contributed by atoms with Gasteiger partial charge in [-0.1, -0.05) is 25.5 Å². The second-order valence-corrected chi connectivity index (χ2v) is 7.05. The smallest absolute Gasteiger partial charge is 0.406 e. The number of carbonyl (C=O) groups is 1. The Hall–Kier alpha value is -3.36. The molecule has 166 valence electrons. The highest BCUT2D eigenvalue weighted by Crippen LogP contribution is 2.38. The Morgan fingerprint density at radius 1 is 1.13 bits per heavy atom. The fourth-order valence-corrected chi connectivity index (χ4v) is 3.46. The summed E-state index contributed by atoms with van der Waals surface area (Å²) in [4.78, 5) is 11.9. The maximum atomic E-state index is 12.6. The lowest BCUT2D eigenvalue weighted by molar-refractivity contribution is -0.274. The van der Waals surface area contributed by atoms with Gasteiger partial charge >= 0.3 is 12.4 Å². The molecular formula is C22H25F3N4O2. The minimum atomic E-state index is -4.77. The number of ether oxygens (including phenoxy) is 1. The molecule has 2 amide bonds. The third-order valence-electron chi connectivity index (χ3n) is 4.86. The number of urea groups is 1. The lowest BCUT2D eigenvalue weighted by Crippen LogP contribution is -2.29. The molecule has 0 saturated heterocycles. The summed E-state index contributed by atoms with van der Waals surface area (Å²) in [7, 11) is 0. The van der Waals surface area contributed by atoms with E-state index in [9.17, 15) is 18.0 Å². The number of aryl methyl sites for hydroxylation is 1. The van der Waals surface area contributed by atoms with Gasteiger partial charge in [0.2, 0.25) is 0 Å². The largest absolute Gasteiger partial charge is 0.573 e. The quantitative estimate of drug-likeness (QED) is 0.415. The van der Waals surface area contributed by atoms with E-state index < -0.39 is 6.36 Å². The third kappa shape index (κ3) is 5.22. The number of nitrogens with zero attached hydrogens (tertiary/aromatic N) is 1. The maximum Gasteiger partial charge on any atom is 0.573 e. The predicted octanol–water partition coefficient (Wildman–Crippen LogP) is 5.73. The first kappa shape index (κ1) is 22.3. The summed E-state index contributed by atoms with van der Waals surface area (Å²) in [6, 6.07) is 11.0. The van der Waals surface area contributed by atoms with Gasteiger partial charge in [-0.25, -0.2) is 4.79 Å². The number of fused-ring (bicyclic) bond motifs is 1. The number of nitrogen functional groups attached to an aromatic ring is 1. The molecule has 0 aliphatic heterocycles. The molecular weight excluding hydrogens is 409 g/mol. The van der Waals surface area contributed by atoms with Crippen molar-refractivity contribution in [3.63, 3.8) is 0 Å². The Kier molecular flexibility index (Phi) is 6.62. The van der Waals surface area contributed by atoms with Crippen molar-refractivity contribution in [1.29, 1.82) is 0 Å². The van der Waals surface area contributed by atoms with Gasteiger partial charge in [0.05, 0.1) is 16.9 Å². The van der Waals surface area contributed by atoms with Crippen LogP contribution in [-0.2, 0) is 6.54 Å². The number of nitrogens with one attached hydrogen (secondary N) is 2. The summed E-state index contributed by atoms with van der Waals surface area (Å²) in [5, 5.41) is 6.19. The number of amides is 2. The van der Waals surface area contributed by atoms with Gasteiger partial charge in [0.1, 0.15) is 5.75 Å². The number of rotatable bonds is 7. The molecule has 0 aliphatic rings. The molecule has 3 aromatic rings. The van der Waals surface area contributed by atoms with Gasteiger partial charge in [-0.05, 0) is 37.6 Å². The number of halogens is 3. The molecule has 3 rings (SSSR count). The van der Waals surface area contributed by atoms with Gasteiger partial charge in [0, 0.05) is 35.8 Å². The molecule has 0 aliphatic carbocycles. The lowest BCUT2D eigenvalue weighted by Gasteiger charge is -2.12. The Balaban J connectivity index is 1.89. The van der Waals surface area contributed by atoms with E-state index in [2.05, 4.69) is 15.4 Å². The standard InChI is InChI=1S/C22H25F3N4O2/c1-3-5-12-27-21(30)28-15-8-6-14(7-9-15)20-19(26)17-11-10-16(31-22(23,24)25)13-18(17)29(20)4-2/h6-11,13H,3-5,12,26H2,1-2H3,(H2,27,28,30). The highest BCUT2D eigenvalue weighted by molar-refractivity contribution is 6.01. The predicted molar refractivity (Wildman–Crippen MR) is 116 cm³/mol. The Morgan fingerprint density at radius 2 is 1.84 bits per heavy atom. The Morgan fingerprint density at radius 3 is 2.45 bits per heavy atom. The van der Waals surface area contributed by atoms with Crippen LogP contribution in [-0.4, -0.2) is 23.5 Å². The molecule has 6 nitrogen and oxygen atoms in total. The molecule has 0 bridgehead atoms. The number of carbonyl (C=O) groups excluding carboxylic acids is 1. The van der Waals surface area contributed by atoms with E-state index in [0.29, 0.717) is 41.1 Å². The summed E-state index contributed by atoms with van der Waals surface area (Å²) in [5.41, 5.74) is 9.46. The second-order valence-electron chi connectivity index (χ2n) is 7.05. The van der Waals surface area contributed by atoms with Crippen molar-refractivity contribution in [2.24, 2.45) is 0 Å². The van der Waals surface area contributed by atoms with Crippen LogP contribution in [0.15, 0.2) is 42.5 Å². The number of aromatic nitrogens is 1. The zero-order valence-corrected chi connectivity index (χ0v) is 17.3. The van der Waals surface area contributed by atoms with E-state index >= 15 is 0 Å². The molecule has 1 heterocycles. The Bertz CT molecular complexity index is 1060. The van der Waals surface area contributed by atoms with Crippen LogP contribution in [0, 0.1) is 0 Å². The van der Waals surface area contributed by atoms with Gasteiger partial charge in [0.25, 0.3) is 0 Å². The van der Waals surface area contributed by atoms with Crippen molar-refractivity contribution in [3.8, 4) is 17.0 Å².